The van der Waals surface area contributed by atoms with Crippen LogP contribution in [0.1, 0.15) is 6.42 Å². The van der Waals surface area contributed by atoms with E-state index < -0.39 is 5.41 Å². The Labute approximate surface area is 70.1 Å². The number of azide groups is 1. The molecule has 70 valence electrons. The predicted octanol–water partition coefficient (Wildman–Crippen LogP) is -0.350. The Hall–Kier alpha value is -0.810. The maximum absolute atomic E-state index is 8.82. The van der Waals surface area contributed by atoms with Gasteiger partial charge in [-0.15, -0.1) is 0 Å². The predicted molar refractivity (Wildman–Crippen MR) is 42.3 cm³/mol. The summed E-state index contributed by atoms with van der Waals surface area (Å²) < 4.78 is 0. The van der Waals surface area contributed by atoms with Crippen molar-refractivity contribution in [1.82, 2.24) is 0 Å². The highest BCUT2D eigenvalue weighted by molar-refractivity contribution is 4.77. The van der Waals surface area contributed by atoms with E-state index in [1.54, 1.807) is 0 Å². The second-order valence-electron chi connectivity index (χ2n) is 2.68. The van der Waals surface area contributed by atoms with Gasteiger partial charge in [-0.1, -0.05) is 5.11 Å². The number of nitrogens with zero attached hydrogens (tertiary/aromatic N) is 3. The first kappa shape index (κ1) is 11.2. The van der Waals surface area contributed by atoms with Crippen molar-refractivity contribution in [2.45, 2.75) is 6.42 Å². The molecule has 0 heterocycles. The van der Waals surface area contributed by atoms with Crippen LogP contribution < -0.4 is 0 Å². The van der Waals surface area contributed by atoms with Crippen LogP contribution >= 0.6 is 0 Å². The molecular weight excluding hydrogens is 162 g/mol. The lowest BCUT2D eigenvalue weighted by atomic mass is 9.87. The molecule has 0 amide bonds. The Morgan fingerprint density at radius 1 is 1.17 bits per heavy atom. The molecular formula is C6H13N3O3. The van der Waals surface area contributed by atoms with Crippen LogP contribution in [0.4, 0.5) is 0 Å². The number of hydrogen-bond acceptors (Lipinski definition) is 4. The van der Waals surface area contributed by atoms with Crippen molar-refractivity contribution in [2.24, 2.45) is 10.5 Å². The third-order valence-electron chi connectivity index (χ3n) is 1.81. The molecule has 0 aromatic heterocycles. The first-order chi connectivity index (χ1) is 5.74. The Kier molecular flexibility index (Phi) is 5.40. The van der Waals surface area contributed by atoms with Gasteiger partial charge in [0.1, 0.15) is 0 Å². The molecule has 0 saturated carbocycles. The van der Waals surface area contributed by atoms with E-state index in [1.165, 1.54) is 0 Å². The normalized spacial score (nSPS) is 10.9. The van der Waals surface area contributed by atoms with Crippen molar-refractivity contribution in [2.75, 3.05) is 26.4 Å². The molecule has 0 fully saturated rings. The minimum absolute atomic E-state index is 0.165. The molecule has 0 rings (SSSR count). The highest BCUT2D eigenvalue weighted by Crippen LogP contribution is 2.19. The fourth-order valence-corrected chi connectivity index (χ4v) is 0.719. The quantitative estimate of drug-likeness (QED) is 0.291. The summed E-state index contributed by atoms with van der Waals surface area (Å²) in [4.78, 5) is 2.52. The first-order valence-electron chi connectivity index (χ1n) is 3.58. The van der Waals surface area contributed by atoms with Crippen LogP contribution in [-0.4, -0.2) is 41.7 Å². The van der Waals surface area contributed by atoms with Gasteiger partial charge in [-0.3, -0.25) is 0 Å². The minimum Gasteiger partial charge on any atom is -0.396 e. The van der Waals surface area contributed by atoms with Crippen molar-refractivity contribution in [3.63, 3.8) is 0 Å². The van der Waals surface area contributed by atoms with E-state index in [-0.39, 0.29) is 32.8 Å². The van der Waals surface area contributed by atoms with Crippen molar-refractivity contribution in [1.29, 1.82) is 0 Å². The zero-order valence-corrected chi connectivity index (χ0v) is 6.72. The molecule has 12 heavy (non-hydrogen) atoms. The molecule has 0 saturated heterocycles. The molecule has 0 aliphatic rings. The lowest BCUT2D eigenvalue weighted by molar-refractivity contribution is 0.00131. The molecule has 0 unspecified atom stereocenters. The second kappa shape index (κ2) is 5.79. The second-order valence-corrected chi connectivity index (χ2v) is 2.68. The Bertz CT molecular complexity index is 155. The standard InChI is InChI=1S/C6H13N3O3/c7-9-8-2-1-6(3-10,4-11)5-12/h10-12H,1-5H2. The summed E-state index contributed by atoms with van der Waals surface area (Å²) in [7, 11) is 0. The number of rotatable bonds is 6. The van der Waals surface area contributed by atoms with Gasteiger partial charge in [0.05, 0.1) is 19.8 Å². The summed E-state index contributed by atoms with van der Waals surface area (Å²) in [5.74, 6) is 0. The summed E-state index contributed by atoms with van der Waals surface area (Å²) in [5.41, 5.74) is 7.03. The third kappa shape index (κ3) is 3.06. The molecule has 0 aromatic carbocycles. The van der Waals surface area contributed by atoms with Crippen LogP contribution in [0.25, 0.3) is 10.4 Å². The molecule has 0 aliphatic heterocycles. The van der Waals surface area contributed by atoms with Crippen LogP contribution in [-0.2, 0) is 0 Å². The molecule has 3 N–H and O–H groups in total. The highest BCUT2D eigenvalue weighted by Gasteiger charge is 2.26. The van der Waals surface area contributed by atoms with E-state index in [2.05, 4.69) is 10.0 Å². The summed E-state index contributed by atoms with van der Waals surface area (Å²) in [5, 5.41) is 29.7. The van der Waals surface area contributed by atoms with Crippen molar-refractivity contribution >= 4 is 0 Å². The van der Waals surface area contributed by atoms with Crippen LogP contribution in [0, 0.1) is 5.41 Å². The zero-order valence-electron chi connectivity index (χ0n) is 6.72. The van der Waals surface area contributed by atoms with E-state index in [0.29, 0.717) is 0 Å². The fraction of sp³-hybridized carbons (Fsp3) is 1.00. The summed E-state index contributed by atoms with van der Waals surface area (Å²) in [6.07, 6.45) is 0.278. The molecule has 6 heteroatoms. The van der Waals surface area contributed by atoms with Gasteiger partial charge in [-0.05, 0) is 12.0 Å². The van der Waals surface area contributed by atoms with E-state index >= 15 is 0 Å². The highest BCUT2D eigenvalue weighted by atomic mass is 16.3. The van der Waals surface area contributed by atoms with E-state index in [9.17, 15) is 0 Å². The van der Waals surface area contributed by atoms with Crippen LogP contribution in [0.3, 0.4) is 0 Å². The van der Waals surface area contributed by atoms with Gasteiger partial charge in [0.2, 0.25) is 0 Å². The number of hydrogen-bond donors (Lipinski definition) is 3. The SMILES string of the molecule is [N-]=[N+]=NCCC(CO)(CO)CO. The van der Waals surface area contributed by atoms with Crippen molar-refractivity contribution in [3.05, 3.63) is 10.4 Å². The van der Waals surface area contributed by atoms with E-state index in [1.807, 2.05) is 0 Å². The van der Waals surface area contributed by atoms with Crippen molar-refractivity contribution in [3.8, 4) is 0 Å². The maximum Gasteiger partial charge on any atom is 0.0531 e. The van der Waals surface area contributed by atoms with E-state index in [4.69, 9.17) is 20.9 Å². The number of aliphatic hydroxyl groups excluding tert-OH is 3. The molecule has 6 nitrogen and oxygen atoms in total. The fourth-order valence-electron chi connectivity index (χ4n) is 0.719. The zero-order chi connectivity index (χ0) is 9.45. The van der Waals surface area contributed by atoms with Gasteiger partial charge in [-0.25, -0.2) is 0 Å². The van der Waals surface area contributed by atoms with Crippen LogP contribution in [0.15, 0.2) is 5.11 Å². The molecule has 0 spiro atoms. The molecule has 0 atom stereocenters. The Balaban J connectivity index is 4.00. The van der Waals surface area contributed by atoms with Gasteiger partial charge in [0, 0.05) is 16.9 Å². The lowest BCUT2D eigenvalue weighted by Crippen LogP contribution is -2.34. The monoisotopic (exact) mass is 175 g/mol. The average Bonchev–Trinajstić information content (AvgIpc) is 2.14. The van der Waals surface area contributed by atoms with Crippen LogP contribution in [0.5, 0.6) is 0 Å². The van der Waals surface area contributed by atoms with Crippen LogP contribution in [0.2, 0.25) is 0 Å². The third-order valence-corrected chi connectivity index (χ3v) is 1.81. The van der Waals surface area contributed by atoms with Gasteiger partial charge in [0.15, 0.2) is 0 Å². The molecule has 0 bridgehead atoms. The van der Waals surface area contributed by atoms with Crippen molar-refractivity contribution < 1.29 is 15.3 Å². The first-order valence-corrected chi connectivity index (χ1v) is 3.58. The average molecular weight is 175 g/mol. The summed E-state index contributed by atoms with van der Waals surface area (Å²) >= 11 is 0. The van der Waals surface area contributed by atoms with E-state index in [0.717, 1.165) is 0 Å². The maximum atomic E-state index is 8.82. The van der Waals surface area contributed by atoms with Gasteiger partial charge in [0.25, 0.3) is 0 Å². The molecule has 0 radical (unpaired) electrons. The minimum atomic E-state index is -0.922. The largest absolute Gasteiger partial charge is 0.396 e. The summed E-state index contributed by atoms with van der Waals surface area (Å²) in [6, 6.07) is 0. The Morgan fingerprint density at radius 2 is 1.67 bits per heavy atom. The summed E-state index contributed by atoms with van der Waals surface area (Å²) in [6.45, 7) is -0.791. The molecule has 0 aliphatic carbocycles. The van der Waals surface area contributed by atoms with Gasteiger partial charge < -0.3 is 15.3 Å². The van der Waals surface area contributed by atoms with Gasteiger partial charge >= 0.3 is 0 Å². The topological polar surface area (TPSA) is 109 Å². The smallest absolute Gasteiger partial charge is 0.0531 e. The lowest BCUT2D eigenvalue weighted by Gasteiger charge is -2.26. The Morgan fingerprint density at radius 3 is 2.00 bits per heavy atom. The van der Waals surface area contributed by atoms with Gasteiger partial charge in [-0.2, -0.15) is 0 Å². The number of aliphatic hydroxyl groups is 3. The molecule has 0 aromatic rings.